The van der Waals surface area contributed by atoms with E-state index in [9.17, 15) is 14.5 Å². The quantitative estimate of drug-likeness (QED) is 0.689. The van der Waals surface area contributed by atoms with Gasteiger partial charge in [0.2, 0.25) is 0 Å². The van der Waals surface area contributed by atoms with Crippen LogP contribution in [0.2, 0.25) is 0 Å². The minimum absolute atomic E-state index is 0.00681. The van der Waals surface area contributed by atoms with Crippen molar-refractivity contribution < 1.29 is 9.31 Å². The molecule has 0 saturated heterocycles. The normalized spacial score (nSPS) is 17.2. The molecule has 0 spiro atoms. The molecular formula is C17H16FN3O2. The van der Waals surface area contributed by atoms with Crippen molar-refractivity contribution in [2.45, 2.75) is 19.5 Å². The number of rotatable bonds is 4. The Morgan fingerprint density at radius 1 is 1.17 bits per heavy atom. The highest BCUT2D eigenvalue weighted by Crippen LogP contribution is 2.30. The Bertz CT molecular complexity index is 741. The molecular weight excluding hydrogens is 297 g/mol. The summed E-state index contributed by atoms with van der Waals surface area (Å²) in [5, 5.41) is 12.4. The molecule has 1 heterocycles. The minimum Gasteiger partial charge on any atom is -0.308 e. The number of nitrogens with one attached hydrogen (secondary N) is 1. The summed E-state index contributed by atoms with van der Waals surface area (Å²) in [5.41, 5.74) is 5.95. The van der Waals surface area contributed by atoms with Crippen LogP contribution in [0, 0.1) is 17.0 Å². The Balaban J connectivity index is 1.70. The molecule has 5 nitrogen and oxygen atoms in total. The molecule has 118 valence electrons. The lowest BCUT2D eigenvalue weighted by Crippen LogP contribution is -2.30. The maximum Gasteiger partial charge on any atom is 0.269 e. The fourth-order valence-corrected chi connectivity index (χ4v) is 2.49. The Kier molecular flexibility index (Phi) is 4.08. The highest BCUT2D eigenvalue weighted by atomic mass is 19.1. The molecule has 0 radical (unpaired) electrons. The molecule has 1 atom stereocenters. The number of hydrazine groups is 1. The lowest BCUT2D eigenvalue weighted by Gasteiger charge is -2.19. The second kappa shape index (κ2) is 6.18. The van der Waals surface area contributed by atoms with Crippen LogP contribution >= 0.6 is 0 Å². The lowest BCUT2D eigenvalue weighted by molar-refractivity contribution is -0.384. The lowest BCUT2D eigenvalue weighted by atomic mass is 10.1. The predicted octanol–water partition coefficient (Wildman–Crippen LogP) is 3.78. The zero-order chi connectivity index (χ0) is 16.4. The third-order valence-corrected chi connectivity index (χ3v) is 3.76. The third kappa shape index (κ3) is 3.37. The highest BCUT2D eigenvalue weighted by Gasteiger charge is 2.26. The van der Waals surface area contributed by atoms with E-state index in [0.717, 1.165) is 5.56 Å². The van der Waals surface area contributed by atoms with Gasteiger partial charge in [-0.05, 0) is 18.1 Å². The minimum atomic E-state index is -0.610. The van der Waals surface area contributed by atoms with Crippen molar-refractivity contribution in [1.29, 1.82) is 0 Å². The van der Waals surface area contributed by atoms with Crippen LogP contribution in [0.3, 0.4) is 0 Å². The summed E-state index contributed by atoms with van der Waals surface area (Å²) in [6.45, 7) is 2.55. The van der Waals surface area contributed by atoms with Gasteiger partial charge < -0.3 is 5.01 Å². The smallest absolute Gasteiger partial charge is 0.269 e. The standard InChI is InChI=1S/C17H16FN3O2/c1-12-2-4-13(5-3-12)10-20-11-16(18)17(19-20)14-6-8-15(9-7-14)21(22)23/h2-9,11,17,19H,10H2,1H3. The number of hydrogen-bond donors (Lipinski definition) is 1. The van der Waals surface area contributed by atoms with Crippen LogP contribution in [0.25, 0.3) is 0 Å². The topological polar surface area (TPSA) is 58.4 Å². The molecule has 1 aliphatic heterocycles. The second-order valence-corrected chi connectivity index (χ2v) is 5.54. The Hall–Kier alpha value is -2.73. The summed E-state index contributed by atoms with van der Waals surface area (Å²) in [6, 6.07) is 13.3. The molecule has 2 aromatic carbocycles. The van der Waals surface area contributed by atoms with Crippen molar-refractivity contribution in [1.82, 2.24) is 10.4 Å². The van der Waals surface area contributed by atoms with Gasteiger partial charge in [-0.25, -0.2) is 9.82 Å². The SMILES string of the molecule is Cc1ccc(CN2C=C(F)C(c3ccc([N+](=O)[O-])cc3)N2)cc1. The average Bonchev–Trinajstić information content (AvgIpc) is 2.90. The first-order chi connectivity index (χ1) is 11.0. The Morgan fingerprint density at radius 2 is 1.83 bits per heavy atom. The summed E-state index contributed by atoms with van der Waals surface area (Å²) < 4.78 is 14.2. The number of non-ortho nitro benzene ring substituents is 1. The van der Waals surface area contributed by atoms with Gasteiger partial charge in [0, 0.05) is 18.3 Å². The molecule has 0 aliphatic carbocycles. The monoisotopic (exact) mass is 313 g/mol. The fraction of sp³-hybridized carbons (Fsp3) is 0.176. The first kappa shape index (κ1) is 15.2. The number of nitro groups is 1. The van der Waals surface area contributed by atoms with Gasteiger partial charge in [0.25, 0.3) is 5.69 Å². The van der Waals surface area contributed by atoms with Gasteiger partial charge in [0.1, 0.15) is 11.9 Å². The molecule has 0 bridgehead atoms. The number of hydrogen-bond acceptors (Lipinski definition) is 4. The first-order valence-corrected chi connectivity index (χ1v) is 7.23. The van der Waals surface area contributed by atoms with E-state index in [1.54, 1.807) is 17.1 Å². The maximum absolute atomic E-state index is 14.2. The van der Waals surface area contributed by atoms with Crippen molar-refractivity contribution in [3.05, 3.63) is 87.4 Å². The fourth-order valence-electron chi connectivity index (χ4n) is 2.49. The molecule has 0 amide bonds. The van der Waals surface area contributed by atoms with Crippen LogP contribution in [0.4, 0.5) is 10.1 Å². The van der Waals surface area contributed by atoms with E-state index >= 15 is 0 Å². The predicted molar refractivity (Wildman–Crippen MR) is 84.9 cm³/mol. The van der Waals surface area contributed by atoms with Gasteiger partial charge in [0.15, 0.2) is 0 Å². The van der Waals surface area contributed by atoms with Gasteiger partial charge in [-0.15, -0.1) is 0 Å². The second-order valence-electron chi connectivity index (χ2n) is 5.54. The van der Waals surface area contributed by atoms with E-state index in [-0.39, 0.29) is 11.5 Å². The summed E-state index contributed by atoms with van der Waals surface area (Å²) in [6.07, 6.45) is 1.42. The van der Waals surface area contributed by atoms with Crippen molar-refractivity contribution in [3.8, 4) is 0 Å². The largest absolute Gasteiger partial charge is 0.308 e. The van der Waals surface area contributed by atoms with Gasteiger partial charge in [-0.2, -0.15) is 0 Å². The van der Waals surface area contributed by atoms with Crippen LogP contribution in [-0.2, 0) is 6.54 Å². The molecule has 0 fully saturated rings. The van der Waals surface area contributed by atoms with Gasteiger partial charge in [-0.3, -0.25) is 10.1 Å². The number of halogens is 1. The molecule has 1 unspecified atom stereocenters. The third-order valence-electron chi connectivity index (χ3n) is 3.76. The van der Waals surface area contributed by atoms with E-state index in [2.05, 4.69) is 5.43 Å². The molecule has 23 heavy (non-hydrogen) atoms. The van der Waals surface area contributed by atoms with Crippen molar-refractivity contribution >= 4 is 5.69 Å². The number of nitrogens with zero attached hydrogens (tertiary/aromatic N) is 2. The van der Waals surface area contributed by atoms with E-state index in [1.165, 1.54) is 23.9 Å². The van der Waals surface area contributed by atoms with Crippen molar-refractivity contribution in [3.63, 3.8) is 0 Å². The van der Waals surface area contributed by atoms with Crippen LogP contribution in [0.15, 0.2) is 60.6 Å². The number of aryl methyl sites for hydroxylation is 1. The summed E-state index contributed by atoms with van der Waals surface area (Å²) >= 11 is 0. The van der Waals surface area contributed by atoms with E-state index in [1.807, 2.05) is 31.2 Å². The maximum atomic E-state index is 14.2. The molecule has 6 heteroatoms. The molecule has 0 aromatic heterocycles. The number of nitro benzene ring substituents is 1. The van der Waals surface area contributed by atoms with Crippen LogP contribution in [0.1, 0.15) is 22.7 Å². The zero-order valence-corrected chi connectivity index (χ0v) is 12.6. The highest BCUT2D eigenvalue weighted by molar-refractivity contribution is 5.37. The van der Waals surface area contributed by atoms with E-state index in [4.69, 9.17) is 0 Å². The molecule has 1 N–H and O–H groups in total. The average molecular weight is 313 g/mol. The molecule has 2 aromatic rings. The molecule has 0 saturated carbocycles. The molecule has 1 aliphatic rings. The zero-order valence-electron chi connectivity index (χ0n) is 12.6. The van der Waals surface area contributed by atoms with Crippen LogP contribution in [-0.4, -0.2) is 9.93 Å². The summed E-state index contributed by atoms with van der Waals surface area (Å²) in [4.78, 5) is 10.2. The van der Waals surface area contributed by atoms with Gasteiger partial charge >= 0.3 is 0 Å². The van der Waals surface area contributed by atoms with Gasteiger partial charge in [0.05, 0.1) is 11.5 Å². The number of benzene rings is 2. The van der Waals surface area contributed by atoms with E-state index in [0.29, 0.717) is 12.1 Å². The van der Waals surface area contributed by atoms with E-state index < -0.39 is 11.0 Å². The van der Waals surface area contributed by atoms with Crippen molar-refractivity contribution in [2.24, 2.45) is 0 Å². The molecule has 3 rings (SSSR count). The Morgan fingerprint density at radius 3 is 2.43 bits per heavy atom. The first-order valence-electron chi connectivity index (χ1n) is 7.23. The summed E-state index contributed by atoms with van der Waals surface area (Å²) in [7, 11) is 0. The van der Waals surface area contributed by atoms with Crippen LogP contribution < -0.4 is 5.43 Å². The summed E-state index contributed by atoms with van der Waals surface area (Å²) in [5.74, 6) is -0.314. The Labute approximate surface area is 133 Å². The van der Waals surface area contributed by atoms with Gasteiger partial charge in [-0.1, -0.05) is 42.0 Å². The van der Waals surface area contributed by atoms with Crippen molar-refractivity contribution in [2.75, 3.05) is 0 Å². The van der Waals surface area contributed by atoms with Crippen LogP contribution in [0.5, 0.6) is 0 Å².